The van der Waals surface area contributed by atoms with Gasteiger partial charge in [0, 0.05) is 11.1 Å². The minimum Gasteiger partial charge on any atom is -0.502 e. The molecule has 1 unspecified atom stereocenters. The van der Waals surface area contributed by atoms with Gasteiger partial charge in [-0.05, 0) is 48.4 Å². The number of hydrogen-bond acceptors (Lipinski definition) is 6. The van der Waals surface area contributed by atoms with E-state index in [0.717, 1.165) is 16.2 Å². The van der Waals surface area contributed by atoms with E-state index in [1.807, 2.05) is 12.3 Å². The Kier molecular flexibility index (Phi) is 4.87. The summed E-state index contributed by atoms with van der Waals surface area (Å²) >= 11 is 1.62. The molecule has 29 heavy (non-hydrogen) atoms. The largest absolute Gasteiger partial charge is 0.502 e. The summed E-state index contributed by atoms with van der Waals surface area (Å²) in [6.07, 6.45) is 3.90. The van der Waals surface area contributed by atoms with Crippen LogP contribution in [0.25, 0.3) is 11.8 Å². The van der Waals surface area contributed by atoms with Gasteiger partial charge in [0.25, 0.3) is 0 Å². The molecule has 2 aromatic rings. The molecule has 2 aliphatic heterocycles. The number of aromatic carboxylic acids is 1. The molecule has 1 fully saturated rings. The summed E-state index contributed by atoms with van der Waals surface area (Å²) in [5.41, 5.74) is 2.68. The third kappa shape index (κ3) is 3.51. The fraction of sp³-hybridized carbons (Fsp3) is 0.190. The quantitative estimate of drug-likeness (QED) is 0.700. The Morgan fingerprint density at radius 2 is 2.03 bits per heavy atom. The number of nitrogens with zero attached hydrogens (tertiary/aromatic N) is 1. The summed E-state index contributed by atoms with van der Waals surface area (Å²) in [5, 5.41) is 22.1. The van der Waals surface area contributed by atoms with Gasteiger partial charge in [-0.1, -0.05) is 23.9 Å². The summed E-state index contributed by atoms with van der Waals surface area (Å²) in [5.74, 6) is -2.08. The van der Waals surface area contributed by atoms with Crippen molar-refractivity contribution in [2.45, 2.75) is 18.5 Å². The zero-order valence-electron chi connectivity index (χ0n) is 15.7. The van der Waals surface area contributed by atoms with Crippen LogP contribution in [0.1, 0.15) is 28.4 Å². The maximum atomic E-state index is 13.9. The van der Waals surface area contributed by atoms with Gasteiger partial charge >= 0.3 is 5.97 Å². The minimum atomic E-state index is -0.952. The van der Waals surface area contributed by atoms with Crippen molar-refractivity contribution in [1.82, 2.24) is 10.2 Å². The molecule has 4 rings (SSSR count). The average molecular weight is 414 g/mol. The van der Waals surface area contributed by atoms with Gasteiger partial charge in [-0.15, -0.1) is 0 Å². The van der Waals surface area contributed by atoms with Crippen molar-refractivity contribution in [2.75, 3.05) is 7.11 Å². The first-order valence-corrected chi connectivity index (χ1v) is 9.79. The van der Waals surface area contributed by atoms with E-state index in [1.165, 1.54) is 13.2 Å². The molecule has 3 N–H and O–H groups in total. The fourth-order valence-electron chi connectivity index (χ4n) is 3.34. The summed E-state index contributed by atoms with van der Waals surface area (Å²) in [4.78, 5) is 14.2. The molecule has 2 heterocycles. The lowest BCUT2D eigenvalue weighted by molar-refractivity contribution is 0.0697. The SMILES string of the molecule is COc1cc(/C=C2\S[C@H]3NC(c4ccc(C(=O)O)cc4)=CN3C2C)cc(F)c1O. The molecule has 2 aliphatic rings. The van der Waals surface area contributed by atoms with Crippen LogP contribution in [-0.2, 0) is 0 Å². The van der Waals surface area contributed by atoms with Crippen molar-refractivity contribution in [1.29, 1.82) is 0 Å². The molecule has 0 aromatic heterocycles. The van der Waals surface area contributed by atoms with Gasteiger partial charge in [0.2, 0.25) is 0 Å². The third-order valence-corrected chi connectivity index (χ3v) is 6.27. The van der Waals surface area contributed by atoms with E-state index in [2.05, 4.69) is 17.1 Å². The summed E-state index contributed by atoms with van der Waals surface area (Å²) in [7, 11) is 1.38. The van der Waals surface area contributed by atoms with Crippen LogP contribution >= 0.6 is 11.8 Å². The number of fused-ring (bicyclic) bond motifs is 1. The van der Waals surface area contributed by atoms with E-state index in [-0.39, 0.29) is 22.9 Å². The number of phenols is 1. The molecule has 0 spiro atoms. The average Bonchev–Trinajstić information content (AvgIpc) is 3.24. The van der Waals surface area contributed by atoms with Crippen molar-refractivity contribution in [2.24, 2.45) is 0 Å². The molecule has 0 amide bonds. The highest BCUT2D eigenvalue weighted by atomic mass is 32.2. The maximum Gasteiger partial charge on any atom is 0.335 e. The van der Waals surface area contributed by atoms with Crippen LogP contribution in [0.2, 0.25) is 0 Å². The van der Waals surface area contributed by atoms with Crippen molar-refractivity contribution in [3.05, 3.63) is 70.0 Å². The molecule has 6 nitrogen and oxygen atoms in total. The molecule has 0 aliphatic carbocycles. The second-order valence-electron chi connectivity index (χ2n) is 6.76. The summed E-state index contributed by atoms with van der Waals surface area (Å²) in [6, 6.07) is 9.66. The van der Waals surface area contributed by atoms with Crippen molar-refractivity contribution in [3.63, 3.8) is 0 Å². The maximum absolute atomic E-state index is 13.9. The van der Waals surface area contributed by atoms with Crippen molar-refractivity contribution >= 4 is 29.5 Å². The van der Waals surface area contributed by atoms with E-state index in [1.54, 1.807) is 42.1 Å². The van der Waals surface area contributed by atoms with Crippen LogP contribution in [-0.4, -0.2) is 39.7 Å². The van der Waals surface area contributed by atoms with Gasteiger partial charge in [-0.25, -0.2) is 9.18 Å². The minimum absolute atomic E-state index is 0.00532. The lowest BCUT2D eigenvalue weighted by Crippen LogP contribution is -2.31. The summed E-state index contributed by atoms with van der Waals surface area (Å²) in [6.45, 7) is 2.06. The first-order chi connectivity index (χ1) is 13.9. The second-order valence-corrected chi connectivity index (χ2v) is 7.92. The molecule has 0 radical (unpaired) electrons. The number of carbonyl (C=O) groups is 1. The molecular formula is C21H19FN2O4S. The van der Waals surface area contributed by atoms with Crippen LogP contribution in [0.3, 0.4) is 0 Å². The van der Waals surface area contributed by atoms with Gasteiger partial charge in [-0.3, -0.25) is 0 Å². The number of methoxy groups -OCH3 is 1. The highest BCUT2D eigenvalue weighted by Crippen LogP contribution is 2.44. The van der Waals surface area contributed by atoms with Gasteiger partial charge in [0.1, 0.15) is 0 Å². The van der Waals surface area contributed by atoms with Gasteiger partial charge in [-0.2, -0.15) is 0 Å². The Bertz CT molecular complexity index is 1040. The molecule has 0 saturated carbocycles. The van der Waals surface area contributed by atoms with Crippen LogP contribution in [0.4, 0.5) is 4.39 Å². The number of carboxylic acids is 1. The zero-order valence-corrected chi connectivity index (χ0v) is 16.5. The fourth-order valence-corrected chi connectivity index (χ4v) is 4.67. The van der Waals surface area contributed by atoms with Crippen molar-refractivity contribution in [3.8, 4) is 11.5 Å². The number of benzene rings is 2. The smallest absolute Gasteiger partial charge is 0.335 e. The summed E-state index contributed by atoms with van der Waals surface area (Å²) < 4.78 is 18.9. The lowest BCUT2D eigenvalue weighted by atomic mass is 10.1. The number of rotatable bonds is 4. The highest BCUT2D eigenvalue weighted by molar-refractivity contribution is 8.04. The first-order valence-electron chi connectivity index (χ1n) is 8.91. The number of carboxylic acid groups (broad SMARTS) is 1. The Morgan fingerprint density at radius 1 is 1.31 bits per heavy atom. The van der Waals surface area contributed by atoms with Gasteiger partial charge < -0.3 is 25.2 Å². The Balaban J connectivity index is 1.56. The highest BCUT2D eigenvalue weighted by Gasteiger charge is 2.37. The molecule has 2 aromatic carbocycles. The number of thioether (sulfide) groups is 1. The monoisotopic (exact) mass is 414 g/mol. The third-order valence-electron chi connectivity index (χ3n) is 4.96. The lowest BCUT2D eigenvalue weighted by Gasteiger charge is -2.18. The number of aromatic hydroxyl groups is 1. The van der Waals surface area contributed by atoms with Gasteiger partial charge in [0.15, 0.2) is 22.8 Å². The second kappa shape index (κ2) is 7.36. The molecule has 150 valence electrons. The number of halogens is 1. The number of phenolic OH excluding ortho intramolecular Hbond substituents is 1. The standard InChI is InChI=1S/C21H19FN2O4S/c1-11-18(9-12-7-15(22)19(25)17(8-12)28-2)29-21-23-16(10-24(11)21)13-3-5-14(6-4-13)20(26)27/h3-11,21,23,25H,1-2H3,(H,26,27)/b18-9-/t11?,21-/m0/s1. The Labute approximate surface area is 171 Å². The van der Waals surface area contributed by atoms with Crippen LogP contribution in [0.15, 0.2) is 47.5 Å². The molecule has 0 bridgehead atoms. The zero-order chi connectivity index (χ0) is 20.7. The first kappa shape index (κ1) is 19.2. The van der Waals surface area contributed by atoms with Gasteiger partial charge in [0.05, 0.1) is 24.4 Å². The van der Waals surface area contributed by atoms with E-state index in [9.17, 15) is 14.3 Å². The van der Waals surface area contributed by atoms with Crippen molar-refractivity contribution < 1.29 is 24.1 Å². The molecular weight excluding hydrogens is 395 g/mol. The topological polar surface area (TPSA) is 82.0 Å². The number of nitrogens with one attached hydrogen (secondary N) is 1. The van der Waals surface area contributed by atoms with E-state index < -0.39 is 17.5 Å². The molecule has 8 heteroatoms. The van der Waals surface area contributed by atoms with E-state index in [4.69, 9.17) is 9.84 Å². The van der Waals surface area contributed by atoms with E-state index in [0.29, 0.717) is 5.56 Å². The predicted octanol–water partition coefficient (Wildman–Crippen LogP) is 3.90. The molecule has 1 saturated heterocycles. The van der Waals surface area contributed by atoms with Crippen LogP contribution in [0.5, 0.6) is 11.5 Å². The number of ether oxygens (including phenoxy) is 1. The van der Waals surface area contributed by atoms with Crippen LogP contribution < -0.4 is 10.1 Å². The Hall–Kier alpha value is -3.13. The normalized spacial score (nSPS) is 21.7. The Morgan fingerprint density at radius 3 is 2.66 bits per heavy atom. The molecule has 2 atom stereocenters. The van der Waals surface area contributed by atoms with E-state index >= 15 is 0 Å². The predicted molar refractivity (Wildman–Crippen MR) is 110 cm³/mol. The number of hydrogen-bond donors (Lipinski definition) is 3. The van der Waals surface area contributed by atoms with Crippen LogP contribution in [0, 0.1) is 5.82 Å².